The summed E-state index contributed by atoms with van der Waals surface area (Å²) in [5.74, 6) is -0.702. The number of rotatable bonds is 2. The molecule has 3 aliphatic heterocycles. The summed E-state index contributed by atoms with van der Waals surface area (Å²) in [4.78, 5) is 28.0. The lowest BCUT2D eigenvalue weighted by atomic mass is 9.90. The van der Waals surface area contributed by atoms with Gasteiger partial charge in [-0.3, -0.25) is 9.59 Å². The first-order valence-electron chi connectivity index (χ1n) is 8.98. The molecule has 0 saturated carbocycles. The van der Waals surface area contributed by atoms with Crippen molar-refractivity contribution in [3.8, 4) is 0 Å². The number of carbonyl (C=O) groups excluding carboxylic acids is 2. The molecule has 2 aromatic carbocycles. The van der Waals surface area contributed by atoms with E-state index in [1.807, 2.05) is 24.3 Å². The van der Waals surface area contributed by atoms with Crippen LogP contribution in [0.3, 0.4) is 0 Å². The van der Waals surface area contributed by atoms with E-state index in [9.17, 15) is 9.59 Å². The van der Waals surface area contributed by atoms with E-state index >= 15 is 0 Å². The predicted octanol–water partition coefficient (Wildman–Crippen LogP) is 3.64. The average Bonchev–Trinajstić information content (AvgIpc) is 3.28. The van der Waals surface area contributed by atoms with Crippen molar-refractivity contribution in [2.24, 2.45) is 5.92 Å². The third kappa shape index (κ3) is 2.58. The van der Waals surface area contributed by atoms with E-state index in [0.29, 0.717) is 10.7 Å². The molecule has 0 aliphatic carbocycles. The summed E-state index contributed by atoms with van der Waals surface area (Å²) in [6.45, 7) is 1.67. The number of fused-ring (bicyclic) bond motifs is 3. The highest BCUT2D eigenvalue weighted by molar-refractivity contribution is 9.10. The van der Waals surface area contributed by atoms with Crippen LogP contribution in [-0.2, 0) is 9.59 Å². The lowest BCUT2D eigenvalue weighted by Crippen LogP contribution is -2.44. The number of hydrazine groups is 1. The topological polar surface area (TPSA) is 43.9 Å². The first-order chi connectivity index (χ1) is 13.1. The molecule has 0 bridgehead atoms. The summed E-state index contributed by atoms with van der Waals surface area (Å²) in [5.41, 5.74) is 1.61. The minimum atomic E-state index is -0.437. The highest BCUT2D eigenvalue weighted by Gasteiger charge is 2.62. The van der Waals surface area contributed by atoms with Crippen LogP contribution >= 0.6 is 27.5 Å². The molecule has 3 aliphatic rings. The lowest BCUT2D eigenvalue weighted by Gasteiger charge is -2.29. The van der Waals surface area contributed by atoms with Gasteiger partial charge in [-0.05, 0) is 42.3 Å². The van der Waals surface area contributed by atoms with Gasteiger partial charge in [-0.25, -0.2) is 14.9 Å². The maximum Gasteiger partial charge on any atom is 0.253 e. The van der Waals surface area contributed by atoms with E-state index in [-0.39, 0.29) is 17.9 Å². The van der Waals surface area contributed by atoms with Crippen molar-refractivity contribution < 1.29 is 9.59 Å². The monoisotopic (exact) mass is 445 g/mol. The standard InChI is InChI=1S/C20H17BrClN3O2/c21-13-7-5-12(6-8-13)17-16-18(24-10-2-9-23(17)24)20(27)25(19(16)26)15-4-1-3-14(22)11-15/h1,3-8,11,16-18H,2,9-10H2/t16-,17+,18+/m1/s1. The number of halogens is 2. The van der Waals surface area contributed by atoms with E-state index in [0.717, 1.165) is 29.5 Å². The van der Waals surface area contributed by atoms with Crippen LogP contribution in [0.4, 0.5) is 5.69 Å². The van der Waals surface area contributed by atoms with Crippen molar-refractivity contribution in [2.75, 3.05) is 18.0 Å². The second-order valence-corrected chi connectivity index (χ2v) is 8.49. The molecule has 2 amide bonds. The quantitative estimate of drug-likeness (QED) is 0.661. The summed E-state index contributed by atoms with van der Waals surface area (Å²) in [7, 11) is 0. The summed E-state index contributed by atoms with van der Waals surface area (Å²) in [6, 6.07) is 14.4. The molecule has 3 saturated heterocycles. The average molecular weight is 447 g/mol. The predicted molar refractivity (Wildman–Crippen MR) is 106 cm³/mol. The Kier molecular flexibility index (Phi) is 4.13. The molecule has 0 N–H and O–H groups in total. The van der Waals surface area contributed by atoms with Crippen molar-refractivity contribution in [3.05, 3.63) is 63.6 Å². The van der Waals surface area contributed by atoms with Gasteiger partial charge in [0, 0.05) is 22.6 Å². The van der Waals surface area contributed by atoms with Gasteiger partial charge in [-0.15, -0.1) is 0 Å². The highest BCUT2D eigenvalue weighted by atomic mass is 79.9. The van der Waals surface area contributed by atoms with Gasteiger partial charge in [0.2, 0.25) is 5.91 Å². The molecule has 3 atom stereocenters. The molecule has 0 spiro atoms. The minimum Gasteiger partial charge on any atom is -0.274 e. The van der Waals surface area contributed by atoms with Crippen LogP contribution in [0.2, 0.25) is 5.02 Å². The van der Waals surface area contributed by atoms with E-state index < -0.39 is 12.0 Å². The molecule has 0 radical (unpaired) electrons. The number of nitrogens with zero attached hydrogens (tertiary/aromatic N) is 3. The molecular weight excluding hydrogens is 430 g/mol. The maximum absolute atomic E-state index is 13.4. The Morgan fingerprint density at radius 1 is 0.926 bits per heavy atom. The van der Waals surface area contributed by atoms with Crippen molar-refractivity contribution in [3.63, 3.8) is 0 Å². The summed E-state index contributed by atoms with van der Waals surface area (Å²) >= 11 is 9.56. The molecule has 3 fully saturated rings. The zero-order chi connectivity index (χ0) is 18.7. The van der Waals surface area contributed by atoms with Gasteiger partial charge in [0.05, 0.1) is 17.6 Å². The molecule has 5 rings (SSSR count). The molecule has 27 heavy (non-hydrogen) atoms. The fourth-order valence-electron chi connectivity index (χ4n) is 4.64. The zero-order valence-corrected chi connectivity index (χ0v) is 16.7. The van der Waals surface area contributed by atoms with Crippen LogP contribution in [0.15, 0.2) is 53.0 Å². The molecule has 3 heterocycles. The van der Waals surface area contributed by atoms with Gasteiger partial charge in [0.25, 0.3) is 5.91 Å². The van der Waals surface area contributed by atoms with Crippen LogP contribution in [0.25, 0.3) is 0 Å². The Balaban J connectivity index is 1.59. The Morgan fingerprint density at radius 3 is 2.33 bits per heavy atom. The first kappa shape index (κ1) is 17.4. The van der Waals surface area contributed by atoms with E-state index in [1.54, 1.807) is 24.3 Å². The molecule has 2 aromatic rings. The molecular formula is C20H17BrClN3O2. The van der Waals surface area contributed by atoms with Gasteiger partial charge >= 0.3 is 0 Å². The molecule has 0 unspecified atom stereocenters. The molecule has 5 nitrogen and oxygen atoms in total. The first-order valence-corrected chi connectivity index (χ1v) is 10.2. The summed E-state index contributed by atoms with van der Waals surface area (Å²) in [5, 5.41) is 4.82. The number of imide groups is 1. The number of hydrogen-bond acceptors (Lipinski definition) is 4. The number of benzene rings is 2. The molecule has 7 heteroatoms. The van der Waals surface area contributed by atoms with Crippen LogP contribution < -0.4 is 4.90 Å². The smallest absolute Gasteiger partial charge is 0.253 e. The normalized spacial score (nSPS) is 28.1. The van der Waals surface area contributed by atoms with Crippen molar-refractivity contribution in [1.29, 1.82) is 0 Å². The Bertz CT molecular complexity index is 935. The number of anilines is 1. The van der Waals surface area contributed by atoms with Gasteiger partial charge in [-0.2, -0.15) is 0 Å². The van der Waals surface area contributed by atoms with E-state index in [4.69, 9.17) is 11.6 Å². The Morgan fingerprint density at radius 2 is 1.63 bits per heavy atom. The van der Waals surface area contributed by atoms with Crippen LogP contribution in [-0.4, -0.2) is 41.0 Å². The van der Waals surface area contributed by atoms with Crippen molar-refractivity contribution in [2.45, 2.75) is 18.5 Å². The van der Waals surface area contributed by atoms with Gasteiger partial charge < -0.3 is 0 Å². The third-order valence-corrected chi connectivity index (χ3v) is 6.45. The fourth-order valence-corrected chi connectivity index (χ4v) is 5.09. The number of carbonyl (C=O) groups is 2. The Labute approximate surface area is 170 Å². The summed E-state index contributed by atoms with van der Waals surface area (Å²) in [6.07, 6.45) is 0.995. The zero-order valence-electron chi connectivity index (χ0n) is 14.4. The minimum absolute atomic E-state index is 0.119. The van der Waals surface area contributed by atoms with Gasteiger partial charge in [0.15, 0.2) is 0 Å². The molecule has 138 valence electrons. The number of amides is 2. The Hall–Kier alpha value is -1.73. The second-order valence-electron chi connectivity index (χ2n) is 7.14. The maximum atomic E-state index is 13.4. The largest absolute Gasteiger partial charge is 0.274 e. The van der Waals surface area contributed by atoms with Crippen molar-refractivity contribution >= 4 is 45.0 Å². The van der Waals surface area contributed by atoms with Crippen LogP contribution in [0.5, 0.6) is 0 Å². The molecule has 0 aromatic heterocycles. The fraction of sp³-hybridized carbons (Fsp3) is 0.300. The van der Waals surface area contributed by atoms with Gasteiger partial charge in [0.1, 0.15) is 6.04 Å². The van der Waals surface area contributed by atoms with Crippen molar-refractivity contribution in [1.82, 2.24) is 10.0 Å². The van der Waals surface area contributed by atoms with Gasteiger partial charge in [-0.1, -0.05) is 45.7 Å². The summed E-state index contributed by atoms with van der Waals surface area (Å²) < 4.78 is 0.994. The van der Waals surface area contributed by atoms with E-state index in [2.05, 4.69) is 25.9 Å². The van der Waals surface area contributed by atoms with Crippen LogP contribution in [0.1, 0.15) is 18.0 Å². The van der Waals surface area contributed by atoms with Crippen LogP contribution in [0, 0.1) is 5.92 Å². The number of hydrogen-bond donors (Lipinski definition) is 0. The third-order valence-electron chi connectivity index (χ3n) is 5.68. The second kappa shape index (κ2) is 6.41. The SMILES string of the molecule is O=C1[C@H]2[C@@H](C(=O)N1c1cccc(Cl)c1)N1CCCN1[C@H]2c1ccc(Br)cc1. The van der Waals surface area contributed by atoms with E-state index in [1.165, 1.54) is 4.90 Å². The highest BCUT2D eigenvalue weighted by Crippen LogP contribution is 2.49. The lowest BCUT2D eigenvalue weighted by molar-refractivity contribution is -0.126.